The van der Waals surface area contributed by atoms with Crippen LogP contribution in [0.15, 0.2) is 0 Å². The Hall–Kier alpha value is -0.0400. The highest BCUT2D eigenvalue weighted by Gasteiger charge is 2.39. The first kappa shape index (κ1) is 21.3. The summed E-state index contributed by atoms with van der Waals surface area (Å²) in [4.78, 5) is 0. The molecule has 2 N–H and O–H groups in total. The average Bonchev–Trinajstić information content (AvgIpc) is 3.18. The molecule has 0 saturated heterocycles. The highest BCUT2D eigenvalue weighted by molar-refractivity contribution is 4.93. The lowest BCUT2D eigenvalue weighted by Gasteiger charge is -2.10. The molecule has 1 aliphatic carbocycles. The van der Waals surface area contributed by atoms with E-state index >= 15 is 0 Å². The summed E-state index contributed by atoms with van der Waals surface area (Å²) < 4.78 is 0. The Labute approximate surface area is 107 Å². The Morgan fingerprint density at radius 3 is 1.62 bits per heavy atom. The van der Waals surface area contributed by atoms with Gasteiger partial charge in [-0.2, -0.15) is 0 Å². The number of hydrogen-bond donors (Lipinski definition) is 1. The van der Waals surface area contributed by atoms with Crippen LogP contribution in [0.25, 0.3) is 0 Å². The van der Waals surface area contributed by atoms with E-state index < -0.39 is 0 Å². The zero-order valence-electron chi connectivity index (χ0n) is 13.0. The predicted octanol–water partition coefficient (Wildman–Crippen LogP) is 5.63. The minimum atomic E-state index is 0. The fourth-order valence-electron chi connectivity index (χ4n) is 1.48. The molecule has 1 nitrogen and oxygen atoms in total. The number of rotatable bonds is 5. The Balaban J connectivity index is -0.000000106. The molecule has 0 bridgehead atoms. The largest absolute Gasteiger partial charge is 0.330 e. The van der Waals surface area contributed by atoms with E-state index in [4.69, 9.17) is 5.73 Å². The number of unbranched alkanes of at least 4 members (excludes halogenated alkanes) is 2. The second-order valence-corrected chi connectivity index (χ2v) is 3.66. The Bertz CT molecular complexity index is 101. The molecule has 0 radical (unpaired) electrons. The summed E-state index contributed by atoms with van der Waals surface area (Å²) in [6.45, 7) is 15.2. The third-order valence-electron chi connectivity index (χ3n) is 2.70. The van der Waals surface area contributed by atoms with Gasteiger partial charge >= 0.3 is 0 Å². The van der Waals surface area contributed by atoms with E-state index in [9.17, 15) is 0 Å². The molecule has 0 aromatic carbocycles. The van der Waals surface area contributed by atoms with Crippen LogP contribution in [-0.2, 0) is 0 Å². The van der Waals surface area contributed by atoms with Gasteiger partial charge in [-0.15, -0.1) is 0 Å². The summed E-state index contributed by atoms with van der Waals surface area (Å²) in [6, 6.07) is 0. The Morgan fingerprint density at radius 2 is 1.38 bits per heavy atom. The van der Waals surface area contributed by atoms with Crippen molar-refractivity contribution in [1.29, 1.82) is 0 Å². The highest BCUT2D eigenvalue weighted by atomic mass is 14.6. The molecule has 1 saturated carbocycles. The highest BCUT2D eigenvalue weighted by Crippen LogP contribution is 2.48. The Kier molecular flexibility index (Phi) is 23.1. The van der Waals surface area contributed by atoms with Crippen molar-refractivity contribution in [3.05, 3.63) is 0 Å². The van der Waals surface area contributed by atoms with E-state index in [1.165, 1.54) is 38.5 Å². The van der Waals surface area contributed by atoms with Crippen molar-refractivity contribution in [3.8, 4) is 0 Å². The lowest BCUT2D eigenvalue weighted by atomic mass is 9.99. The molecule has 0 spiro atoms. The first-order valence-corrected chi connectivity index (χ1v) is 7.53. The quantitative estimate of drug-likeness (QED) is 0.612. The fraction of sp³-hybridized carbons (Fsp3) is 1.00. The van der Waals surface area contributed by atoms with E-state index in [1.54, 1.807) is 0 Å². The lowest BCUT2D eigenvalue weighted by Crippen LogP contribution is -2.14. The van der Waals surface area contributed by atoms with E-state index in [0.717, 1.165) is 6.54 Å². The molecule has 1 fully saturated rings. The van der Waals surface area contributed by atoms with Gasteiger partial charge < -0.3 is 5.73 Å². The SMILES string of the molecule is CC.CC.CC.CCCCCC1(CN)CC1.[HH]. The summed E-state index contributed by atoms with van der Waals surface area (Å²) in [5, 5.41) is 0. The van der Waals surface area contributed by atoms with Crippen molar-refractivity contribution in [2.45, 2.75) is 87.0 Å². The molecule has 16 heavy (non-hydrogen) atoms. The van der Waals surface area contributed by atoms with Crippen molar-refractivity contribution >= 4 is 0 Å². The van der Waals surface area contributed by atoms with Gasteiger partial charge in [-0.3, -0.25) is 0 Å². The molecular weight excluding hydrogens is 194 g/mol. The van der Waals surface area contributed by atoms with E-state index in [-0.39, 0.29) is 1.43 Å². The van der Waals surface area contributed by atoms with Crippen molar-refractivity contribution in [3.63, 3.8) is 0 Å². The molecule has 0 atom stereocenters. The monoisotopic (exact) mass is 233 g/mol. The summed E-state index contributed by atoms with van der Waals surface area (Å²) in [5.41, 5.74) is 6.27. The van der Waals surface area contributed by atoms with E-state index in [0.29, 0.717) is 5.41 Å². The molecule has 0 amide bonds. The van der Waals surface area contributed by atoms with Crippen LogP contribution in [-0.4, -0.2) is 6.54 Å². The van der Waals surface area contributed by atoms with Crippen LogP contribution < -0.4 is 5.73 Å². The normalized spacial score (nSPS) is 14.2. The maximum Gasteiger partial charge on any atom is 0 e. The van der Waals surface area contributed by atoms with Crippen LogP contribution in [0.4, 0.5) is 0 Å². The molecule has 0 aliphatic heterocycles. The standard InChI is InChI=1S/C9H19N.3C2H6.H2/c1-2-3-4-5-9(8-10)6-7-9;3*1-2;/h2-8,10H2,1H3;3*1-2H3;1H. The molecule has 0 heterocycles. The average molecular weight is 233 g/mol. The molecule has 0 aromatic heterocycles. The van der Waals surface area contributed by atoms with Crippen molar-refractivity contribution in [2.24, 2.45) is 11.1 Å². The van der Waals surface area contributed by atoms with E-state index in [2.05, 4.69) is 6.92 Å². The molecule has 104 valence electrons. The van der Waals surface area contributed by atoms with Gasteiger partial charge in [-0.1, -0.05) is 67.7 Å². The maximum absolute atomic E-state index is 5.65. The molecule has 1 aliphatic rings. The van der Waals surface area contributed by atoms with Crippen molar-refractivity contribution in [2.75, 3.05) is 6.54 Å². The molecule has 0 unspecified atom stereocenters. The third-order valence-corrected chi connectivity index (χ3v) is 2.70. The maximum atomic E-state index is 5.65. The predicted molar refractivity (Wildman–Crippen MR) is 81.0 cm³/mol. The van der Waals surface area contributed by atoms with Crippen LogP contribution >= 0.6 is 0 Å². The summed E-state index contributed by atoms with van der Waals surface area (Å²) in [7, 11) is 0. The first-order chi connectivity index (χ1) is 7.83. The number of nitrogens with two attached hydrogens (primary N) is 1. The minimum absolute atomic E-state index is 0. The molecular formula is C15H39N. The minimum Gasteiger partial charge on any atom is -0.330 e. The van der Waals surface area contributed by atoms with Gasteiger partial charge in [-0.25, -0.2) is 0 Å². The van der Waals surface area contributed by atoms with Crippen LogP contribution in [0.5, 0.6) is 0 Å². The second-order valence-electron chi connectivity index (χ2n) is 3.66. The summed E-state index contributed by atoms with van der Waals surface area (Å²) in [6.07, 6.45) is 8.30. The molecule has 0 aromatic rings. The third kappa shape index (κ3) is 12.0. The topological polar surface area (TPSA) is 26.0 Å². The van der Waals surface area contributed by atoms with Gasteiger partial charge in [0, 0.05) is 1.43 Å². The first-order valence-electron chi connectivity index (χ1n) is 7.53. The summed E-state index contributed by atoms with van der Waals surface area (Å²) >= 11 is 0. The smallest absolute Gasteiger partial charge is 0 e. The van der Waals surface area contributed by atoms with Crippen LogP contribution in [0.1, 0.15) is 88.4 Å². The van der Waals surface area contributed by atoms with Crippen LogP contribution in [0.3, 0.4) is 0 Å². The van der Waals surface area contributed by atoms with Crippen molar-refractivity contribution in [1.82, 2.24) is 0 Å². The van der Waals surface area contributed by atoms with Gasteiger partial charge in [0.1, 0.15) is 0 Å². The second kappa shape index (κ2) is 17.4. The van der Waals surface area contributed by atoms with Crippen LogP contribution in [0.2, 0.25) is 0 Å². The lowest BCUT2D eigenvalue weighted by molar-refractivity contribution is 0.449. The zero-order chi connectivity index (χ0) is 13.4. The van der Waals surface area contributed by atoms with E-state index in [1.807, 2.05) is 41.5 Å². The molecule has 1 heteroatoms. The van der Waals surface area contributed by atoms with Gasteiger partial charge in [0.05, 0.1) is 0 Å². The number of hydrogen-bond acceptors (Lipinski definition) is 1. The fourth-order valence-corrected chi connectivity index (χ4v) is 1.48. The van der Waals surface area contributed by atoms with Gasteiger partial charge in [0.25, 0.3) is 0 Å². The zero-order valence-corrected chi connectivity index (χ0v) is 13.0. The van der Waals surface area contributed by atoms with Gasteiger partial charge in [0.15, 0.2) is 0 Å². The molecule has 1 rings (SSSR count). The van der Waals surface area contributed by atoms with Gasteiger partial charge in [0.2, 0.25) is 0 Å². The van der Waals surface area contributed by atoms with Crippen molar-refractivity contribution < 1.29 is 1.43 Å². The van der Waals surface area contributed by atoms with Gasteiger partial charge in [-0.05, 0) is 31.2 Å². The van der Waals surface area contributed by atoms with Crippen LogP contribution in [0, 0.1) is 5.41 Å². The Morgan fingerprint density at radius 1 is 0.938 bits per heavy atom. The summed E-state index contributed by atoms with van der Waals surface area (Å²) in [5.74, 6) is 0.